The highest BCUT2D eigenvalue weighted by Gasteiger charge is 2.06. The van der Waals surface area contributed by atoms with E-state index in [1.165, 1.54) is 22.3 Å². The smallest absolute Gasteiger partial charge is 0.00641 e. The summed E-state index contributed by atoms with van der Waals surface area (Å²) in [6.07, 6.45) is 5.70. The molecule has 0 unspecified atom stereocenters. The molecular weight excluding hydrogens is 132 g/mol. The van der Waals surface area contributed by atoms with Crippen LogP contribution in [0.25, 0.3) is 0 Å². The maximum absolute atomic E-state index is 2.28. The molecule has 11 heavy (non-hydrogen) atoms. The van der Waals surface area contributed by atoms with Crippen molar-refractivity contribution in [1.29, 1.82) is 0 Å². The summed E-state index contributed by atoms with van der Waals surface area (Å²) in [5.74, 6) is 0. The number of rotatable bonds is 1. The molecule has 0 saturated carbocycles. The summed E-state index contributed by atoms with van der Waals surface area (Å²) < 4.78 is 0. The molecule has 0 aromatic heterocycles. The quantitative estimate of drug-likeness (QED) is 0.532. The van der Waals surface area contributed by atoms with Crippen LogP contribution in [0.15, 0.2) is 34.4 Å². The molecule has 0 aromatic rings. The molecule has 0 aromatic carbocycles. The van der Waals surface area contributed by atoms with E-state index in [2.05, 4.69) is 39.8 Å². The van der Waals surface area contributed by atoms with Crippen LogP contribution in [-0.2, 0) is 0 Å². The molecule has 1 aliphatic rings. The van der Waals surface area contributed by atoms with E-state index in [1.807, 2.05) is 0 Å². The predicted octanol–water partition coefficient (Wildman–Crippen LogP) is 3.62. The van der Waals surface area contributed by atoms with Gasteiger partial charge in [0.25, 0.3) is 0 Å². The Balaban J connectivity index is 2.80. The normalized spacial score (nSPS) is 16.9. The van der Waals surface area contributed by atoms with Gasteiger partial charge in [0.15, 0.2) is 0 Å². The van der Waals surface area contributed by atoms with Crippen LogP contribution < -0.4 is 0 Å². The first kappa shape index (κ1) is 8.32. The highest BCUT2D eigenvalue weighted by molar-refractivity contribution is 5.43. The third-order valence-corrected chi connectivity index (χ3v) is 1.90. The lowest BCUT2D eigenvalue weighted by Gasteiger charge is -1.97. The summed E-state index contributed by atoms with van der Waals surface area (Å²) in [7, 11) is 0. The van der Waals surface area contributed by atoms with Crippen LogP contribution in [0.5, 0.6) is 0 Å². The molecule has 0 fully saturated rings. The molecular formula is C11H16. The molecule has 0 bridgehead atoms. The fourth-order valence-corrected chi connectivity index (χ4v) is 1.47. The predicted molar refractivity (Wildman–Crippen MR) is 50.5 cm³/mol. The van der Waals surface area contributed by atoms with Crippen molar-refractivity contribution in [3.05, 3.63) is 34.4 Å². The lowest BCUT2D eigenvalue weighted by atomic mass is 10.1. The molecule has 1 rings (SSSR count). The van der Waals surface area contributed by atoms with Crippen LogP contribution in [0, 0.1) is 0 Å². The van der Waals surface area contributed by atoms with E-state index in [0.717, 1.165) is 6.42 Å². The number of hydrogen-bond donors (Lipinski definition) is 0. The van der Waals surface area contributed by atoms with Gasteiger partial charge in [-0.2, -0.15) is 0 Å². The molecule has 0 spiro atoms. The maximum Gasteiger partial charge on any atom is -0.00641 e. The van der Waals surface area contributed by atoms with E-state index in [-0.39, 0.29) is 0 Å². The van der Waals surface area contributed by atoms with Gasteiger partial charge in [-0.05, 0) is 45.3 Å². The molecule has 0 atom stereocenters. The average Bonchev–Trinajstić information content (AvgIpc) is 2.09. The Kier molecular flexibility index (Phi) is 2.33. The van der Waals surface area contributed by atoms with E-state index >= 15 is 0 Å². The van der Waals surface area contributed by atoms with E-state index in [1.54, 1.807) is 0 Å². The number of hydrogen-bond acceptors (Lipinski definition) is 0. The Morgan fingerprint density at radius 2 is 2.00 bits per heavy atom. The van der Waals surface area contributed by atoms with Crippen molar-refractivity contribution in [3.63, 3.8) is 0 Å². The van der Waals surface area contributed by atoms with Crippen molar-refractivity contribution in [2.75, 3.05) is 0 Å². The summed E-state index contributed by atoms with van der Waals surface area (Å²) in [6.45, 7) is 8.67. The van der Waals surface area contributed by atoms with Gasteiger partial charge in [-0.1, -0.05) is 23.3 Å². The van der Waals surface area contributed by atoms with E-state index in [9.17, 15) is 0 Å². The van der Waals surface area contributed by atoms with Crippen LogP contribution in [0.3, 0.4) is 0 Å². The molecule has 0 amide bonds. The zero-order valence-electron chi connectivity index (χ0n) is 7.86. The van der Waals surface area contributed by atoms with Gasteiger partial charge in [-0.25, -0.2) is 0 Å². The van der Waals surface area contributed by atoms with Crippen molar-refractivity contribution in [1.82, 2.24) is 0 Å². The largest absolute Gasteiger partial charge is 0.0761 e. The third-order valence-electron chi connectivity index (χ3n) is 1.90. The average molecular weight is 148 g/mol. The minimum absolute atomic E-state index is 1.15. The Morgan fingerprint density at radius 3 is 2.36 bits per heavy atom. The van der Waals surface area contributed by atoms with E-state index < -0.39 is 0 Å². The molecule has 0 nitrogen and oxygen atoms in total. The van der Waals surface area contributed by atoms with E-state index in [4.69, 9.17) is 0 Å². The van der Waals surface area contributed by atoms with Gasteiger partial charge in [-0.15, -0.1) is 0 Å². The third kappa shape index (κ3) is 2.07. The van der Waals surface area contributed by atoms with Crippen molar-refractivity contribution in [2.24, 2.45) is 0 Å². The van der Waals surface area contributed by atoms with Crippen LogP contribution in [0.2, 0.25) is 0 Å². The van der Waals surface area contributed by atoms with Gasteiger partial charge in [0.1, 0.15) is 0 Å². The summed E-state index contributed by atoms with van der Waals surface area (Å²) in [5.41, 5.74) is 5.80. The first-order valence-electron chi connectivity index (χ1n) is 4.11. The topological polar surface area (TPSA) is 0 Å². The maximum atomic E-state index is 2.28. The lowest BCUT2D eigenvalue weighted by Crippen LogP contribution is -1.77. The Bertz CT molecular complexity index is 245. The Hall–Kier alpha value is -0.780. The van der Waals surface area contributed by atoms with Crippen LogP contribution in [-0.4, -0.2) is 0 Å². The fourth-order valence-electron chi connectivity index (χ4n) is 1.47. The van der Waals surface area contributed by atoms with Crippen molar-refractivity contribution in [2.45, 2.75) is 34.1 Å². The molecule has 0 aliphatic heterocycles. The van der Waals surface area contributed by atoms with Gasteiger partial charge >= 0.3 is 0 Å². The van der Waals surface area contributed by atoms with Crippen LogP contribution in [0.1, 0.15) is 34.1 Å². The molecule has 0 radical (unpaired) electrons. The van der Waals surface area contributed by atoms with Gasteiger partial charge in [0.05, 0.1) is 0 Å². The van der Waals surface area contributed by atoms with Crippen molar-refractivity contribution < 1.29 is 0 Å². The molecule has 1 aliphatic carbocycles. The Labute approximate surface area is 69.3 Å². The SMILES string of the molecule is CC(C)=CC1=C(C)C=C(C)C1. The minimum atomic E-state index is 1.15. The standard InChI is InChI=1S/C11H16/c1-8(2)5-11-7-9(3)6-10(11)4/h5-6H,7H2,1-4H3. The monoisotopic (exact) mass is 148 g/mol. The molecule has 60 valence electrons. The van der Waals surface area contributed by atoms with E-state index in [0.29, 0.717) is 0 Å². The second-order valence-electron chi connectivity index (χ2n) is 3.60. The van der Waals surface area contributed by atoms with Crippen LogP contribution in [0.4, 0.5) is 0 Å². The summed E-state index contributed by atoms with van der Waals surface area (Å²) in [5, 5.41) is 0. The summed E-state index contributed by atoms with van der Waals surface area (Å²) in [6, 6.07) is 0. The van der Waals surface area contributed by atoms with Gasteiger partial charge < -0.3 is 0 Å². The number of allylic oxidation sites excluding steroid dienone is 6. The van der Waals surface area contributed by atoms with Gasteiger partial charge in [0.2, 0.25) is 0 Å². The van der Waals surface area contributed by atoms with Crippen LogP contribution >= 0.6 is 0 Å². The zero-order valence-corrected chi connectivity index (χ0v) is 7.86. The molecule has 0 saturated heterocycles. The molecule has 0 N–H and O–H groups in total. The highest BCUT2D eigenvalue weighted by atomic mass is 14.1. The second-order valence-corrected chi connectivity index (χ2v) is 3.60. The first-order chi connectivity index (χ1) is 5.09. The Morgan fingerprint density at radius 1 is 1.36 bits per heavy atom. The summed E-state index contributed by atoms with van der Waals surface area (Å²) in [4.78, 5) is 0. The molecule has 0 heterocycles. The first-order valence-corrected chi connectivity index (χ1v) is 4.11. The lowest BCUT2D eigenvalue weighted by molar-refractivity contribution is 1.17. The van der Waals surface area contributed by atoms with Crippen molar-refractivity contribution in [3.8, 4) is 0 Å². The van der Waals surface area contributed by atoms with Gasteiger partial charge in [-0.3, -0.25) is 0 Å². The van der Waals surface area contributed by atoms with Crippen molar-refractivity contribution >= 4 is 0 Å². The zero-order chi connectivity index (χ0) is 8.43. The minimum Gasteiger partial charge on any atom is -0.0761 e. The molecule has 0 heteroatoms. The van der Waals surface area contributed by atoms with Gasteiger partial charge in [0, 0.05) is 0 Å². The second kappa shape index (κ2) is 3.08. The highest BCUT2D eigenvalue weighted by Crippen LogP contribution is 2.26. The fraction of sp³-hybridized carbons (Fsp3) is 0.455. The summed E-state index contributed by atoms with van der Waals surface area (Å²) >= 11 is 0.